The number of halogens is 2. The van der Waals surface area contributed by atoms with E-state index in [1.165, 1.54) is 12.3 Å². The lowest BCUT2D eigenvalue weighted by molar-refractivity contribution is 0.0127. The summed E-state index contributed by atoms with van der Waals surface area (Å²) in [7, 11) is 0. The van der Waals surface area contributed by atoms with Crippen LogP contribution in [0.3, 0.4) is 0 Å². The molecule has 0 aliphatic carbocycles. The number of pyridine rings is 2. The average Bonchev–Trinajstić information content (AvgIpc) is 2.80. The summed E-state index contributed by atoms with van der Waals surface area (Å²) in [5.41, 5.74) is 3.22. The van der Waals surface area contributed by atoms with E-state index in [4.69, 9.17) is 4.74 Å². The van der Waals surface area contributed by atoms with E-state index in [-0.39, 0.29) is 5.56 Å². The molecule has 1 aromatic carbocycles. The van der Waals surface area contributed by atoms with Gasteiger partial charge in [-0.05, 0) is 60.0 Å². The molecule has 8 heteroatoms. The molecule has 32 heavy (non-hydrogen) atoms. The Bertz CT molecular complexity index is 1120. The van der Waals surface area contributed by atoms with Gasteiger partial charge in [0.2, 0.25) is 0 Å². The van der Waals surface area contributed by atoms with E-state index in [0.29, 0.717) is 18.9 Å². The molecule has 0 radical (unpaired) electrons. The molecule has 1 aliphatic heterocycles. The van der Waals surface area contributed by atoms with Crippen molar-refractivity contribution in [1.29, 1.82) is 0 Å². The Hall–Kier alpha value is -3.39. The van der Waals surface area contributed by atoms with E-state index in [1.54, 1.807) is 12.3 Å². The highest BCUT2D eigenvalue weighted by molar-refractivity contribution is 6.04. The molecule has 0 unspecified atom stereocenters. The molecule has 3 heterocycles. The van der Waals surface area contributed by atoms with Crippen LogP contribution in [0.1, 0.15) is 28.5 Å². The number of ether oxygens (including phenoxy) is 1. The molecular formula is C24H24F2N4O2. The van der Waals surface area contributed by atoms with Gasteiger partial charge in [-0.2, -0.15) is 8.78 Å². The summed E-state index contributed by atoms with van der Waals surface area (Å²) in [6.07, 6.45) is 2.99. The summed E-state index contributed by atoms with van der Waals surface area (Å²) in [6, 6.07) is 12.1. The number of nitrogens with one attached hydrogen (secondary N) is 1. The number of morpholine rings is 1. The fraction of sp³-hybridized carbons (Fsp3) is 0.292. The Morgan fingerprint density at radius 3 is 2.56 bits per heavy atom. The smallest absolute Gasteiger partial charge is 0.286 e. The number of benzene rings is 1. The van der Waals surface area contributed by atoms with Crippen molar-refractivity contribution in [3.63, 3.8) is 0 Å². The van der Waals surface area contributed by atoms with Crippen LogP contribution in [-0.4, -0.2) is 42.2 Å². The van der Waals surface area contributed by atoms with Crippen LogP contribution in [0, 0.1) is 6.92 Å². The number of aromatic nitrogens is 2. The fourth-order valence-electron chi connectivity index (χ4n) is 3.58. The van der Waals surface area contributed by atoms with Crippen molar-refractivity contribution in [2.45, 2.75) is 19.8 Å². The lowest BCUT2D eigenvalue weighted by Crippen LogP contribution is -2.36. The van der Waals surface area contributed by atoms with Crippen molar-refractivity contribution in [3.8, 4) is 11.1 Å². The van der Waals surface area contributed by atoms with Crippen LogP contribution in [0.15, 0.2) is 54.9 Å². The molecular weight excluding hydrogens is 414 g/mol. The minimum Gasteiger partial charge on any atom is -0.378 e. The number of aryl methyl sites for hydroxylation is 1. The normalized spacial score (nSPS) is 14.3. The third-order valence-electron chi connectivity index (χ3n) is 5.36. The Morgan fingerprint density at radius 2 is 1.81 bits per heavy atom. The second-order valence-corrected chi connectivity index (χ2v) is 7.80. The standard InChI is InChI=1S/C24H24F2N4O2/c1-16-3-4-19(29-23(31)18-6-7-27-21(13-18)24(2,25)26)15-20(16)17-5-8-28-22(14-17)30-9-11-32-12-10-30/h3-8,13-15H,9-12H2,1-2H3,(H,29,31). The van der Waals surface area contributed by atoms with Crippen molar-refractivity contribution in [2.75, 3.05) is 36.5 Å². The van der Waals surface area contributed by atoms with Gasteiger partial charge in [0, 0.05) is 43.7 Å². The van der Waals surface area contributed by atoms with Gasteiger partial charge in [-0.1, -0.05) is 6.07 Å². The summed E-state index contributed by atoms with van der Waals surface area (Å²) >= 11 is 0. The molecule has 1 N–H and O–H groups in total. The van der Waals surface area contributed by atoms with Crippen LogP contribution in [0.4, 0.5) is 20.3 Å². The minimum atomic E-state index is -3.12. The van der Waals surface area contributed by atoms with E-state index in [9.17, 15) is 13.6 Å². The molecule has 0 bridgehead atoms. The lowest BCUT2D eigenvalue weighted by atomic mass is 10.0. The number of carbonyl (C=O) groups excluding carboxylic acids is 1. The van der Waals surface area contributed by atoms with Gasteiger partial charge in [-0.15, -0.1) is 0 Å². The first-order chi connectivity index (χ1) is 15.3. The Labute approximate surface area is 185 Å². The van der Waals surface area contributed by atoms with Gasteiger partial charge >= 0.3 is 0 Å². The van der Waals surface area contributed by atoms with Crippen molar-refractivity contribution >= 4 is 17.4 Å². The van der Waals surface area contributed by atoms with Crippen LogP contribution < -0.4 is 10.2 Å². The molecule has 1 saturated heterocycles. The van der Waals surface area contributed by atoms with Crippen molar-refractivity contribution in [2.24, 2.45) is 0 Å². The van der Waals surface area contributed by atoms with Crippen molar-refractivity contribution in [1.82, 2.24) is 9.97 Å². The van der Waals surface area contributed by atoms with Gasteiger partial charge in [0.25, 0.3) is 11.8 Å². The lowest BCUT2D eigenvalue weighted by Gasteiger charge is -2.28. The van der Waals surface area contributed by atoms with E-state index in [0.717, 1.165) is 48.6 Å². The van der Waals surface area contributed by atoms with Gasteiger partial charge < -0.3 is 15.0 Å². The molecule has 1 aliphatic rings. The number of hydrogen-bond donors (Lipinski definition) is 1. The molecule has 1 fully saturated rings. The predicted molar refractivity (Wildman–Crippen MR) is 119 cm³/mol. The maximum Gasteiger partial charge on any atom is 0.286 e. The van der Waals surface area contributed by atoms with Crippen LogP contribution in [-0.2, 0) is 10.7 Å². The molecule has 2 aromatic heterocycles. The quantitative estimate of drug-likeness (QED) is 0.628. The predicted octanol–water partition coefficient (Wildman–Crippen LogP) is 4.65. The Balaban J connectivity index is 1.58. The summed E-state index contributed by atoms with van der Waals surface area (Å²) < 4.78 is 32.5. The van der Waals surface area contributed by atoms with E-state index in [1.807, 2.05) is 31.2 Å². The molecule has 4 rings (SSSR count). The molecule has 0 spiro atoms. The van der Waals surface area contributed by atoms with Gasteiger partial charge in [-0.3, -0.25) is 9.78 Å². The first-order valence-corrected chi connectivity index (χ1v) is 10.4. The summed E-state index contributed by atoms with van der Waals surface area (Å²) in [6.45, 7) is 5.67. The van der Waals surface area contributed by atoms with E-state index >= 15 is 0 Å². The fourth-order valence-corrected chi connectivity index (χ4v) is 3.58. The first kappa shape index (κ1) is 21.8. The number of rotatable bonds is 5. The SMILES string of the molecule is Cc1ccc(NC(=O)c2ccnc(C(C)(F)F)c2)cc1-c1ccnc(N2CCOCC2)c1. The van der Waals surface area contributed by atoms with Crippen LogP contribution in [0.25, 0.3) is 11.1 Å². The molecule has 0 saturated carbocycles. The Morgan fingerprint density at radius 1 is 1.06 bits per heavy atom. The highest BCUT2D eigenvalue weighted by Crippen LogP contribution is 2.30. The number of anilines is 2. The van der Waals surface area contributed by atoms with E-state index in [2.05, 4.69) is 20.2 Å². The number of nitrogens with zero attached hydrogens (tertiary/aromatic N) is 3. The highest BCUT2D eigenvalue weighted by atomic mass is 19.3. The molecule has 0 atom stereocenters. The Kier molecular flexibility index (Phi) is 6.14. The average molecular weight is 438 g/mol. The second-order valence-electron chi connectivity index (χ2n) is 7.80. The van der Waals surface area contributed by atoms with Gasteiger partial charge in [0.15, 0.2) is 0 Å². The van der Waals surface area contributed by atoms with Crippen LogP contribution >= 0.6 is 0 Å². The minimum absolute atomic E-state index is 0.122. The van der Waals surface area contributed by atoms with Crippen LogP contribution in [0.2, 0.25) is 0 Å². The number of alkyl halides is 2. The topological polar surface area (TPSA) is 67.4 Å². The van der Waals surface area contributed by atoms with Crippen LogP contribution in [0.5, 0.6) is 0 Å². The third kappa shape index (κ3) is 4.91. The molecule has 3 aromatic rings. The first-order valence-electron chi connectivity index (χ1n) is 10.4. The van der Waals surface area contributed by atoms with Crippen molar-refractivity contribution < 1.29 is 18.3 Å². The number of carbonyl (C=O) groups is 1. The largest absolute Gasteiger partial charge is 0.378 e. The maximum atomic E-state index is 13.6. The third-order valence-corrected chi connectivity index (χ3v) is 5.36. The zero-order valence-corrected chi connectivity index (χ0v) is 17.9. The monoisotopic (exact) mass is 438 g/mol. The number of amides is 1. The van der Waals surface area contributed by atoms with Gasteiger partial charge in [-0.25, -0.2) is 4.98 Å². The highest BCUT2D eigenvalue weighted by Gasteiger charge is 2.27. The van der Waals surface area contributed by atoms with Crippen molar-refractivity contribution in [3.05, 3.63) is 71.7 Å². The second kappa shape index (κ2) is 9.00. The summed E-state index contributed by atoms with van der Waals surface area (Å²) in [5, 5.41) is 2.80. The maximum absolute atomic E-state index is 13.6. The molecule has 166 valence electrons. The van der Waals surface area contributed by atoms with Gasteiger partial charge in [0.05, 0.1) is 13.2 Å². The summed E-state index contributed by atoms with van der Waals surface area (Å²) in [4.78, 5) is 23.0. The molecule has 6 nitrogen and oxygen atoms in total. The van der Waals surface area contributed by atoms with E-state index < -0.39 is 17.5 Å². The number of hydrogen-bond acceptors (Lipinski definition) is 5. The zero-order valence-electron chi connectivity index (χ0n) is 17.9. The zero-order chi connectivity index (χ0) is 22.7. The molecule has 1 amide bonds. The van der Waals surface area contributed by atoms with Gasteiger partial charge in [0.1, 0.15) is 11.5 Å². The summed E-state index contributed by atoms with van der Waals surface area (Å²) in [5.74, 6) is -2.71.